The Morgan fingerprint density at radius 1 is 1.15 bits per heavy atom. The molecule has 0 spiro atoms. The van der Waals surface area contributed by atoms with Gasteiger partial charge in [0.25, 0.3) is 0 Å². The molecule has 0 aliphatic carbocycles. The first-order valence-electron chi connectivity index (χ1n) is 6.43. The van der Waals surface area contributed by atoms with E-state index in [-0.39, 0.29) is 18.1 Å². The summed E-state index contributed by atoms with van der Waals surface area (Å²) in [7, 11) is 0. The summed E-state index contributed by atoms with van der Waals surface area (Å²) in [5.41, 5.74) is 7.72. The quantitative estimate of drug-likeness (QED) is 0.930. The first-order valence-corrected chi connectivity index (χ1v) is 6.43. The molecule has 0 aromatic heterocycles. The van der Waals surface area contributed by atoms with Gasteiger partial charge >= 0.3 is 0 Å². The molecule has 0 heterocycles. The van der Waals surface area contributed by atoms with Crippen molar-refractivity contribution >= 4 is 11.6 Å². The van der Waals surface area contributed by atoms with Crippen molar-refractivity contribution in [2.45, 2.75) is 13.5 Å². The Morgan fingerprint density at radius 2 is 1.80 bits per heavy atom. The topological polar surface area (TPSA) is 46.3 Å². The van der Waals surface area contributed by atoms with Crippen LogP contribution < -0.4 is 10.6 Å². The minimum absolute atomic E-state index is 0.153. The second kappa shape index (κ2) is 6.30. The highest BCUT2D eigenvalue weighted by Crippen LogP contribution is 2.22. The Hall–Kier alpha value is -2.20. The van der Waals surface area contributed by atoms with Crippen molar-refractivity contribution < 1.29 is 9.18 Å². The van der Waals surface area contributed by atoms with Crippen molar-refractivity contribution in [3.63, 3.8) is 0 Å². The van der Waals surface area contributed by atoms with E-state index in [4.69, 9.17) is 5.73 Å². The summed E-state index contributed by atoms with van der Waals surface area (Å²) >= 11 is 0. The monoisotopic (exact) mass is 272 g/mol. The Labute approximate surface area is 117 Å². The van der Waals surface area contributed by atoms with Crippen molar-refractivity contribution in [1.82, 2.24) is 0 Å². The van der Waals surface area contributed by atoms with E-state index >= 15 is 0 Å². The molecular formula is C16H17FN2O. The molecule has 0 fully saturated rings. The van der Waals surface area contributed by atoms with E-state index in [1.807, 2.05) is 31.2 Å². The summed E-state index contributed by atoms with van der Waals surface area (Å²) in [6.07, 6.45) is 0. The minimum Gasteiger partial charge on any atom is -0.322 e. The maximum absolute atomic E-state index is 13.9. The van der Waals surface area contributed by atoms with E-state index < -0.39 is 5.82 Å². The van der Waals surface area contributed by atoms with Crippen LogP contribution in [0, 0.1) is 12.7 Å². The largest absolute Gasteiger partial charge is 0.322 e. The number of halogens is 1. The van der Waals surface area contributed by atoms with Crippen LogP contribution in [0.3, 0.4) is 0 Å². The molecule has 0 unspecified atom stereocenters. The van der Waals surface area contributed by atoms with Crippen LogP contribution in [0.5, 0.6) is 0 Å². The number of rotatable bonds is 4. The van der Waals surface area contributed by atoms with E-state index in [1.165, 1.54) is 11.0 Å². The van der Waals surface area contributed by atoms with Gasteiger partial charge in [0.2, 0.25) is 5.91 Å². The number of hydrogen-bond donors (Lipinski definition) is 1. The average molecular weight is 272 g/mol. The van der Waals surface area contributed by atoms with Gasteiger partial charge in [0.05, 0.1) is 18.8 Å². The zero-order valence-electron chi connectivity index (χ0n) is 11.3. The van der Waals surface area contributed by atoms with E-state index in [2.05, 4.69) is 0 Å². The van der Waals surface area contributed by atoms with Crippen molar-refractivity contribution in [2.75, 3.05) is 11.4 Å². The molecule has 104 valence electrons. The molecule has 0 bridgehead atoms. The third-order valence-corrected chi connectivity index (χ3v) is 3.21. The molecular weight excluding hydrogens is 255 g/mol. The highest BCUT2D eigenvalue weighted by molar-refractivity contribution is 5.94. The van der Waals surface area contributed by atoms with Crippen molar-refractivity contribution in [2.24, 2.45) is 5.73 Å². The molecule has 2 rings (SSSR count). The van der Waals surface area contributed by atoms with E-state index in [0.717, 1.165) is 11.1 Å². The molecule has 0 atom stereocenters. The maximum atomic E-state index is 13.9. The minimum atomic E-state index is -0.428. The zero-order valence-corrected chi connectivity index (χ0v) is 11.3. The lowest BCUT2D eigenvalue weighted by Crippen LogP contribution is -2.36. The second-order valence-corrected chi connectivity index (χ2v) is 4.56. The van der Waals surface area contributed by atoms with Gasteiger partial charge in [0.15, 0.2) is 0 Å². The fourth-order valence-electron chi connectivity index (χ4n) is 2.05. The molecule has 0 aliphatic rings. The van der Waals surface area contributed by atoms with Crippen molar-refractivity contribution in [3.8, 4) is 0 Å². The van der Waals surface area contributed by atoms with Gasteiger partial charge in [0.1, 0.15) is 5.82 Å². The number of carbonyl (C=O) groups excluding carboxylic acids is 1. The molecule has 0 aliphatic heterocycles. The third kappa shape index (κ3) is 3.03. The van der Waals surface area contributed by atoms with Crippen molar-refractivity contribution in [1.29, 1.82) is 0 Å². The lowest BCUT2D eigenvalue weighted by atomic mass is 10.1. The Morgan fingerprint density at radius 3 is 2.45 bits per heavy atom. The lowest BCUT2D eigenvalue weighted by Gasteiger charge is -2.23. The standard InChI is InChI=1S/C16H17FN2O/c1-12-6-2-3-7-13(12)11-19(16(20)10-18)15-9-5-4-8-14(15)17/h2-9H,10-11,18H2,1H3. The molecule has 2 N–H and O–H groups in total. The number of nitrogens with two attached hydrogens (primary N) is 1. The highest BCUT2D eigenvalue weighted by atomic mass is 19.1. The summed E-state index contributed by atoms with van der Waals surface area (Å²) < 4.78 is 13.9. The predicted octanol–water partition coefficient (Wildman–Crippen LogP) is 2.63. The van der Waals surface area contributed by atoms with Crippen LogP contribution >= 0.6 is 0 Å². The second-order valence-electron chi connectivity index (χ2n) is 4.56. The molecule has 0 saturated heterocycles. The SMILES string of the molecule is Cc1ccccc1CN(C(=O)CN)c1ccccc1F. The number of para-hydroxylation sites is 1. The van der Waals surface area contributed by atoms with E-state index in [9.17, 15) is 9.18 Å². The first-order chi connectivity index (χ1) is 9.63. The molecule has 20 heavy (non-hydrogen) atoms. The fourth-order valence-corrected chi connectivity index (χ4v) is 2.05. The molecule has 1 amide bonds. The Bertz CT molecular complexity index is 613. The van der Waals surface area contributed by atoms with Crippen LogP contribution in [0.4, 0.5) is 10.1 Å². The highest BCUT2D eigenvalue weighted by Gasteiger charge is 2.18. The van der Waals surface area contributed by atoms with Crippen LogP contribution in [0.15, 0.2) is 48.5 Å². The lowest BCUT2D eigenvalue weighted by molar-refractivity contribution is -0.117. The smallest absolute Gasteiger partial charge is 0.241 e. The van der Waals surface area contributed by atoms with Crippen LogP contribution in [-0.4, -0.2) is 12.5 Å². The van der Waals surface area contributed by atoms with Gasteiger partial charge in [-0.1, -0.05) is 36.4 Å². The van der Waals surface area contributed by atoms with Gasteiger partial charge in [-0.05, 0) is 30.2 Å². The summed E-state index contributed by atoms with van der Waals surface area (Å²) in [4.78, 5) is 13.4. The van der Waals surface area contributed by atoms with Gasteiger partial charge < -0.3 is 10.6 Å². The van der Waals surface area contributed by atoms with Gasteiger partial charge in [-0.2, -0.15) is 0 Å². The zero-order chi connectivity index (χ0) is 14.5. The number of aryl methyl sites for hydroxylation is 1. The molecule has 4 heteroatoms. The average Bonchev–Trinajstić information content (AvgIpc) is 2.47. The van der Waals surface area contributed by atoms with Gasteiger partial charge in [-0.25, -0.2) is 4.39 Å². The Balaban J connectivity index is 2.37. The van der Waals surface area contributed by atoms with E-state index in [1.54, 1.807) is 18.2 Å². The van der Waals surface area contributed by atoms with Crippen molar-refractivity contribution in [3.05, 3.63) is 65.5 Å². The van der Waals surface area contributed by atoms with Crippen LogP contribution in [-0.2, 0) is 11.3 Å². The predicted molar refractivity (Wildman–Crippen MR) is 77.8 cm³/mol. The van der Waals surface area contributed by atoms with Crippen LogP contribution in [0.25, 0.3) is 0 Å². The van der Waals surface area contributed by atoms with E-state index in [0.29, 0.717) is 6.54 Å². The number of amides is 1. The molecule has 3 nitrogen and oxygen atoms in total. The molecule has 2 aromatic carbocycles. The number of nitrogens with zero attached hydrogens (tertiary/aromatic N) is 1. The molecule has 0 radical (unpaired) electrons. The summed E-state index contributed by atoms with van der Waals surface area (Å²) in [6.45, 7) is 2.12. The van der Waals surface area contributed by atoms with Gasteiger partial charge in [-0.3, -0.25) is 4.79 Å². The van der Waals surface area contributed by atoms with Gasteiger partial charge in [0, 0.05) is 0 Å². The number of benzene rings is 2. The first kappa shape index (κ1) is 14.2. The summed E-state index contributed by atoms with van der Waals surface area (Å²) in [6, 6.07) is 13.9. The molecule has 0 saturated carbocycles. The number of anilines is 1. The van der Waals surface area contributed by atoms with Crippen LogP contribution in [0.1, 0.15) is 11.1 Å². The number of carbonyl (C=O) groups is 1. The normalized spacial score (nSPS) is 10.3. The number of hydrogen-bond acceptors (Lipinski definition) is 2. The van der Waals surface area contributed by atoms with Crippen LogP contribution in [0.2, 0.25) is 0 Å². The molecule has 2 aromatic rings. The Kier molecular flexibility index (Phi) is 4.48. The van der Waals surface area contributed by atoms with Gasteiger partial charge in [-0.15, -0.1) is 0 Å². The third-order valence-electron chi connectivity index (χ3n) is 3.21. The summed E-state index contributed by atoms with van der Waals surface area (Å²) in [5.74, 6) is -0.735. The summed E-state index contributed by atoms with van der Waals surface area (Å²) in [5, 5.41) is 0. The fraction of sp³-hybridized carbons (Fsp3) is 0.188. The maximum Gasteiger partial charge on any atom is 0.241 e.